The summed E-state index contributed by atoms with van der Waals surface area (Å²) in [5.41, 5.74) is 18.6. The van der Waals surface area contributed by atoms with Crippen molar-refractivity contribution in [1.82, 2.24) is 0 Å². The molecule has 0 amide bonds. The number of benzene rings is 10. The molecule has 0 aromatic heterocycles. The van der Waals surface area contributed by atoms with Crippen molar-refractivity contribution in [1.29, 1.82) is 0 Å². The van der Waals surface area contributed by atoms with Gasteiger partial charge in [-0.2, -0.15) is 0 Å². The topological polar surface area (TPSA) is 15.7 Å². The summed E-state index contributed by atoms with van der Waals surface area (Å²) in [6, 6.07) is 83.1. The lowest BCUT2D eigenvalue weighted by Gasteiger charge is -2.30. The van der Waals surface area contributed by atoms with Crippen LogP contribution in [0.5, 0.6) is 11.5 Å². The van der Waals surface area contributed by atoms with Gasteiger partial charge in [-0.1, -0.05) is 166 Å². The summed E-state index contributed by atoms with van der Waals surface area (Å²) < 4.78 is 7.09. The Kier molecular flexibility index (Phi) is 8.84. The zero-order valence-electron chi connectivity index (χ0n) is 35.7. The molecule has 304 valence electrons. The molecular weight excluding hydrogens is 777 g/mol. The molecule has 0 saturated carbocycles. The van der Waals surface area contributed by atoms with Crippen LogP contribution in [0.1, 0.15) is 25.0 Å². The largest absolute Gasteiger partial charge is 0.456 e. The number of para-hydroxylation sites is 2. The SMILES string of the molecule is CC1(C)c2ccccc2-c2cc(N(c3ccc(-c4ccc(-c5ccccc5)cc4)cc3)c3cc4c5c(cccc5c3)-c3ccc(N(c5ccccc5)c5ccccc5)cc3O4)ccc21. The van der Waals surface area contributed by atoms with Gasteiger partial charge in [-0.05, 0) is 122 Å². The number of hydrogen-bond donors (Lipinski definition) is 0. The lowest BCUT2D eigenvalue weighted by molar-refractivity contribution is 0.487. The van der Waals surface area contributed by atoms with E-state index < -0.39 is 0 Å². The predicted octanol–water partition coefficient (Wildman–Crippen LogP) is 17.2. The number of anilines is 6. The average Bonchev–Trinajstić information content (AvgIpc) is 3.58. The van der Waals surface area contributed by atoms with E-state index in [0.29, 0.717) is 0 Å². The average molecular weight is 821 g/mol. The first-order chi connectivity index (χ1) is 31.5. The number of fused-ring (bicyclic) bond motifs is 5. The lowest BCUT2D eigenvalue weighted by Crippen LogP contribution is -2.15. The van der Waals surface area contributed by atoms with E-state index in [9.17, 15) is 0 Å². The number of rotatable bonds is 8. The van der Waals surface area contributed by atoms with Gasteiger partial charge in [0, 0.05) is 56.9 Å². The van der Waals surface area contributed by atoms with E-state index in [2.05, 4.69) is 254 Å². The molecule has 10 aromatic carbocycles. The Morgan fingerprint density at radius 2 is 0.797 bits per heavy atom. The molecule has 10 aromatic rings. The highest BCUT2D eigenvalue weighted by molar-refractivity contribution is 6.07. The molecule has 0 bridgehead atoms. The van der Waals surface area contributed by atoms with Crippen LogP contribution >= 0.6 is 0 Å². The molecule has 0 spiro atoms. The Bertz CT molecular complexity index is 3320. The second kappa shape index (κ2) is 15.0. The third-order valence-electron chi connectivity index (χ3n) is 13.2. The van der Waals surface area contributed by atoms with Gasteiger partial charge in [-0.3, -0.25) is 0 Å². The van der Waals surface area contributed by atoms with E-state index in [1.54, 1.807) is 0 Å². The second-order valence-electron chi connectivity index (χ2n) is 17.4. The minimum atomic E-state index is -0.0901. The maximum atomic E-state index is 7.09. The minimum Gasteiger partial charge on any atom is -0.456 e. The molecule has 2 aliphatic rings. The van der Waals surface area contributed by atoms with E-state index in [0.717, 1.165) is 62.0 Å². The molecule has 3 heteroatoms. The maximum Gasteiger partial charge on any atom is 0.138 e. The second-order valence-corrected chi connectivity index (χ2v) is 17.4. The molecule has 0 N–H and O–H groups in total. The van der Waals surface area contributed by atoms with Gasteiger partial charge in [0.05, 0.1) is 5.69 Å². The van der Waals surface area contributed by atoms with Gasteiger partial charge in [0.1, 0.15) is 11.5 Å². The highest BCUT2D eigenvalue weighted by Gasteiger charge is 2.36. The molecule has 0 radical (unpaired) electrons. The van der Waals surface area contributed by atoms with Gasteiger partial charge >= 0.3 is 0 Å². The summed E-state index contributed by atoms with van der Waals surface area (Å²) in [5.74, 6) is 1.67. The number of hydrogen-bond acceptors (Lipinski definition) is 3. The van der Waals surface area contributed by atoms with Crippen LogP contribution in [0, 0.1) is 0 Å². The predicted molar refractivity (Wildman–Crippen MR) is 267 cm³/mol. The van der Waals surface area contributed by atoms with Gasteiger partial charge in [0.15, 0.2) is 0 Å². The van der Waals surface area contributed by atoms with Crippen molar-refractivity contribution in [3.8, 4) is 56.0 Å². The Morgan fingerprint density at radius 3 is 1.48 bits per heavy atom. The van der Waals surface area contributed by atoms with Crippen LogP contribution in [0.3, 0.4) is 0 Å². The van der Waals surface area contributed by atoms with Gasteiger partial charge in [-0.25, -0.2) is 0 Å². The number of ether oxygens (including phenoxy) is 1. The molecule has 0 fully saturated rings. The standard InChI is InChI=1S/C61H44N2O/c1-61(2)56-24-13-12-22-52(56)55-38-49(34-36-57(55)61)63(48-31-29-44(30-32-48)43-27-25-42(26-28-43)41-15-6-3-7-16-41)51-37-45-17-14-23-54-53-35-33-50(39-58(53)64-59(40-51)60(45)54)62(46-18-8-4-9-19-46)47-20-10-5-11-21-47/h3-40H,1-2H3. The molecule has 64 heavy (non-hydrogen) atoms. The summed E-state index contributed by atoms with van der Waals surface area (Å²) in [6.45, 7) is 4.68. The van der Waals surface area contributed by atoms with Crippen LogP contribution in [0.25, 0.3) is 55.3 Å². The van der Waals surface area contributed by atoms with Crippen LogP contribution in [-0.2, 0) is 5.41 Å². The molecule has 3 nitrogen and oxygen atoms in total. The van der Waals surface area contributed by atoms with Gasteiger partial charge in [0.2, 0.25) is 0 Å². The summed E-state index contributed by atoms with van der Waals surface area (Å²) in [4.78, 5) is 4.67. The fraction of sp³-hybridized carbons (Fsp3) is 0.0492. The molecule has 1 aliphatic heterocycles. The quantitative estimate of drug-likeness (QED) is 0.152. The van der Waals surface area contributed by atoms with Crippen molar-refractivity contribution in [3.05, 3.63) is 242 Å². The fourth-order valence-electron chi connectivity index (χ4n) is 10.1. The maximum absolute atomic E-state index is 7.09. The van der Waals surface area contributed by atoms with E-state index in [1.807, 2.05) is 0 Å². The fourth-order valence-corrected chi connectivity index (χ4v) is 10.1. The van der Waals surface area contributed by atoms with Crippen LogP contribution in [0.15, 0.2) is 231 Å². The molecule has 0 unspecified atom stereocenters. The van der Waals surface area contributed by atoms with Gasteiger partial charge < -0.3 is 14.5 Å². The first-order valence-corrected chi connectivity index (χ1v) is 22.1. The van der Waals surface area contributed by atoms with Crippen molar-refractivity contribution in [2.45, 2.75) is 19.3 Å². The highest BCUT2D eigenvalue weighted by Crippen LogP contribution is 2.53. The molecule has 0 saturated heterocycles. The summed E-state index contributed by atoms with van der Waals surface area (Å²) in [6.07, 6.45) is 0. The summed E-state index contributed by atoms with van der Waals surface area (Å²) >= 11 is 0. The molecule has 1 aliphatic carbocycles. The van der Waals surface area contributed by atoms with E-state index >= 15 is 0 Å². The van der Waals surface area contributed by atoms with Crippen LogP contribution in [0.2, 0.25) is 0 Å². The van der Waals surface area contributed by atoms with Crippen LogP contribution < -0.4 is 14.5 Å². The first-order valence-electron chi connectivity index (χ1n) is 22.1. The minimum absolute atomic E-state index is 0.0901. The molecule has 0 atom stereocenters. The van der Waals surface area contributed by atoms with E-state index in [4.69, 9.17) is 4.74 Å². The summed E-state index contributed by atoms with van der Waals surface area (Å²) in [7, 11) is 0. The Balaban J connectivity index is 0.980. The third-order valence-corrected chi connectivity index (χ3v) is 13.2. The lowest BCUT2D eigenvalue weighted by atomic mass is 9.82. The third kappa shape index (κ3) is 6.28. The molecule has 1 heterocycles. The summed E-state index contributed by atoms with van der Waals surface area (Å²) in [5, 5.41) is 2.25. The Labute approximate surface area is 374 Å². The van der Waals surface area contributed by atoms with Crippen molar-refractivity contribution < 1.29 is 4.74 Å². The smallest absolute Gasteiger partial charge is 0.138 e. The van der Waals surface area contributed by atoms with E-state index in [1.165, 1.54) is 50.1 Å². The monoisotopic (exact) mass is 820 g/mol. The van der Waals surface area contributed by atoms with Crippen molar-refractivity contribution in [2.24, 2.45) is 0 Å². The van der Waals surface area contributed by atoms with Crippen molar-refractivity contribution >= 4 is 44.9 Å². The highest BCUT2D eigenvalue weighted by atomic mass is 16.5. The normalized spacial score (nSPS) is 12.8. The van der Waals surface area contributed by atoms with Crippen LogP contribution in [0.4, 0.5) is 34.1 Å². The first kappa shape index (κ1) is 37.6. The molecule has 12 rings (SSSR count). The zero-order chi connectivity index (χ0) is 42.8. The van der Waals surface area contributed by atoms with Gasteiger partial charge in [0.25, 0.3) is 0 Å². The van der Waals surface area contributed by atoms with Crippen LogP contribution in [-0.4, -0.2) is 0 Å². The molecular formula is C61H44N2O. The van der Waals surface area contributed by atoms with Crippen molar-refractivity contribution in [3.63, 3.8) is 0 Å². The Morgan fingerprint density at radius 1 is 0.312 bits per heavy atom. The van der Waals surface area contributed by atoms with Crippen molar-refractivity contribution in [2.75, 3.05) is 9.80 Å². The zero-order valence-corrected chi connectivity index (χ0v) is 35.7. The van der Waals surface area contributed by atoms with E-state index in [-0.39, 0.29) is 5.41 Å². The van der Waals surface area contributed by atoms with Gasteiger partial charge in [-0.15, -0.1) is 0 Å². The Hall–Kier alpha value is -8.14. The number of nitrogens with zero attached hydrogens (tertiary/aromatic N) is 2.